The molecule has 0 spiro atoms. The number of aryl methyl sites for hydroxylation is 1. The molecule has 0 aliphatic heterocycles. The molecule has 4 heteroatoms. The zero-order valence-electron chi connectivity index (χ0n) is 9.25. The van der Waals surface area contributed by atoms with E-state index in [1.807, 2.05) is 6.92 Å². The van der Waals surface area contributed by atoms with E-state index in [-0.39, 0.29) is 12.4 Å². The molecule has 16 heavy (non-hydrogen) atoms. The SMILES string of the molecule is CCOC(=O)Cc1cc(C)cc(C=O)c1Cl. The first-order chi connectivity index (χ1) is 7.58. The molecule has 0 radical (unpaired) electrons. The van der Waals surface area contributed by atoms with Crippen molar-refractivity contribution in [1.29, 1.82) is 0 Å². The molecule has 1 aromatic rings. The van der Waals surface area contributed by atoms with Crippen molar-refractivity contribution < 1.29 is 14.3 Å². The Labute approximate surface area is 99.4 Å². The first kappa shape index (κ1) is 12.7. The third kappa shape index (κ3) is 3.07. The molecule has 0 aliphatic carbocycles. The summed E-state index contributed by atoms with van der Waals surface area (Å²) in [6.45, 7) is 3.92. The van der Waals surface area contributed by atoms with Crippen LogP contribution in [0.2, 0.25) is 5.02 Å². The van der Waals surface area contributed by atoms with Crippen LogP contribution in [0, 0.1) is 6.92 Å². The second-order valence-electron chi connectivity index (χ2n) is 3.43. The van der Waals surface area contributed by atoms with Crippen molar-refractivity contribution in [3.05, 3.63) is 33.8 Å². The number of ether oxygens (including phenoxy) is 1. The predicted octanol–water partition coefficient (Wildman–Crippen LogP) is 2.57. The van der Waals surface area contributed by atoms with Crippen LogP contribution in [0.4, 0.5) is 0 Å². The van der Waals surface area contributed by atoms with Crippen molar-refractivity contribution >= 4 is 23.9 Å². The molecule has 0 saturated carbocycles. The highest BCUT2D eigenvalue weighted by Crippen LogP contribution is 2.22. The van der Waals surface area contributed by atoms with Gasteiger partial charge in [-0.15, -0.1) is 0 Å². The lowest BCUT2D eigenvalue weighted by Gasteiger charge is -2.07. The fourth-order valence-electron chi connectivity index (χ4n) is 1.46. The van der Waals surface area contributed by atoms with Gasteiger partial charge < -0.3 is 4.74 Å². The molecule has 1 rings (SSSR count). The van der Waals surface area contributed by atoms with Gasteiger partial charge in [0.2, 0.25) is 0 Å². The first-order valence-corrected chi connectivity index (χ1v) is 5.36. The summed E-state index contributed by atoms with van der Waals surface area (Å²) in [6.07, 6.45) is 0.777. The number of rotatable bonds is 4. The van der Waals surface area contributed by atoms with Crippen molar-refractivity contribution in [2.75, 3.05) is 6.61 Å². The molecule has 0 heterocycles. The van der Waals surface area contributed by atoms with Crippen molar-refractivity contribution in [2.45, 2.75) is 20.3 Å². The van der Waals surface area contributed by atoms with Crippen LogP contribution < -0.4 is 0 Å². The summed E-state index contributed by atoms with van der Waals surface area (Å²) >= 11 is 5.99. The Morgan fingerprint density at radius 1 is 1.50 bits per heavy atom. The number of hydrogen-bond acceptors (Lipinski definition) is 3. The number of carbonyl (C=O) groups is 2. The van der Waals surface area contributed by atoms with Gasteiger partial charge in [-0.25, -0.2) is 0 Å². The van der Waals surface area contributed by atoms with E-state index in [1.165, 1.54) is 0 Å². The molecule has 0 saturated heterocycles. The Morgan fingerprint density at radius 3 is 2.75 bits per heavy atom. The summed E-state index contributed by atoms with van der Waals surface area (Å²) in [5.74, 6) is -0.341. The van der Waals surface area contributed by atoms with E-state index in [0.717, 1.165) is 5.56 Å². The number of hydrogen-bond donors (Lipinski definition) is 0. The molecule has 0 unspecified atom stereocenters. The van der Waals surface area contributed by atoms with Gasteiger partial charge in [0.05, 0.1) is 18.1 Å². The Balaban J connectivity index is 2.99. The van der Waals surface area contributed by atoms with Gasteiger partial charge in [-0.1, -0.05) is 23.2 Å². The van der Waals surface area contributed by atoms with E-state index in [0.29, 0.717) is 29.0 Å². The van der Waals surface area contributed by atoms with Crippen LogP contribution >= 0.6 is 11.6 Å². The first-order valence-electron chi connectivity index (χ1n) is 4.98. The van der Waals surface area contributed by atoms with Crippen LogP contribution in [-0.2, 0) is 16.0 Å². The van der Waals surface area contributed by atoms with Gasteiger partial charge in [-0.2, -0.15) is 0 Å². The molecule has 86 valence electrons. The standard InChI is InChI=1S/C12H13ClO3/c1-3-16-11(15)6-9-4-8(2)5-10(7-14)12(9)13/h4-5,7H,3,6H2,1-2H3. The van der Waals surface area contributed by atoms with Crippen LogP contribution in [0.25, 0.3) is 0 Å². The molecule has 0 atom stereocenters. The lowest BCUT2D eigenvalue weighted by atomic mass is 10.0. The zero-order valence-corrected chi connectivity index (χ0v) is 10.0. The smallest absolute Gasteiger partial charge is 0.310 e. The highest BCUT2D eigenvalue weighted by atomic mass is 35.5. The Bertz CT molecular complexity index is 413. The molecule has 0 bridgehead atoms. The van der Waals surface area contributed by atoms with Crippen LogP contribution in [0.15, 0.2) is 12.1 Å². The molecule has 1 aromatic carbocycles. The lowest BCUT2D eigenvalue weighted by Crippen LogP contribution is -2.08. The van der Waals surface area contributed by atoms with Gasteiger partial charge in [0.1, 0.15) is 0 Å². The van der Waals surface area contributed by atoms with Crippen molar-refractivity contribution in [3.8, 4) is 0 Å². The quantitative estimate of drug-likeness (QED) is 0.600. The minimum Gasteiger partial charge on any atom is -0.466 e. The van der Waals surface area contributed by atoms with Crippen molar-refractivity contribution in [1.82, 2.24) is 0 Å². The largest absolute Gasteiger partial charge is 0.466 e. The molecule has 0 aliphatic rings. The topological polar surface area (TPSA) is 43.4 Å². The average molecular weight is 241 g/mol. The average Bonchev–Trinajstić information content (AvgIpc) is 2.23. The lowest BCUT2D eigenvalue weighted by molar-refractivity contribution is -0.142. The van der Waals surface area contributed by atoms with E-state index < -0.39 is 0 Å². The highest BCUT2D eigenvalue weighted by molar-refractivity contribution is 6.33. The van der Waals surface area contributed by atoms with E-state index in [9.17, 15) is 9.59 Å². The van der Waals surface area contributed by atoms with Crippen molar-refractivity contribution in [2.24, 2.45) is 0 Å². The van der Waals surface area contributed by atoms with Crippen LogP contribution in [-0.4, -0.2) is 18.9 Å². The fraction of sp³-hybridized carbons (Fsp3) is 0.333. The van der Waals surface area contributed by atoms with Gasteiger partial charge >= 0.3 is 5.97 Å². The second kappa shape index (κ2) is 5.66. The maximum atomic E-state index is 11.3. The van der Waals surface area contributed by atoms with Gasteiger partial charge in [-0.05, 0) is 25.5 Å². The number of benzene rings is 1. The summed E-state index contributed by atoms with van der Waals surface area (Å²) in [4.78, 5) is 22.0. The summed E-state index contributed by atoms with van der Waals surface area (Å²) in [5, 5.41) is 0.327. The van der Waals surface area contributed by atoms with E-state index >= 15 is 0 Å². The monoisotopic (exact) mass is 240 g/mol. The maximum absolute atomic E-state index is 11.3. The molecule has 0 aromatic heterocycles. The van der Waals surface area contributed by atoms with Gasteiger partial charge in [-0.3, -0.25) is 9.59 Å². The predicted molar refractivity (Wildman–Crippen MR) is 61.9 cm³/mol. The van der Waals surface area contributed by atoms with E-state index in [2.05, 4.69) is 0 Å². The van der Waals surface area contributed by atoms with Gasteiger partial charge in [0, 0.05) is 5.56 Å². The van der Waals surface area contributed by atoms with Crippen LogP contribution in [0.3, 0.4) is 0 Å². The summed E-state index contributed by atoms with van der Waals surface area (Å²) in [5.41, 5.74) is 1.92. The fourth-order valence-corrected chi connectivity index (χ4v) is 1.68. The number of halogens is 1. The minimum absolute atomic E-state index is 0.0925. The Kier molecular flexibility index (Phi) is 4.50. The summed E-state index contributed by atoms with van der Waals surface area (Å²) < 4.78 is 4.83. The van der Waals surface area contributed by atoms with E-state index in [4.69, 9.17) is 16.3 Å². The van der Waals surface area contributed by atoms with Crippen molar-refractivity contribution in [3.63, 3.8) is 0 Å². The molecule has 0 N–H and O–H groups in total. The summed E-state index contributed by atoms with van der Waals surface area (Å²) in [7, 11) is 0. The number of aldehydes is 1. The maximum Gasteiger partial charge on any atom is 0.310 e. The second-order valence-corrected chi connectivity index (χ2v) is 3.80. The van der Waals surface area contributed by atoms with Gasteiger partial charge in [0.15, 0.2) is 6.29 Å². The highest BCUT2D eigenvalue weighted by Gasteiger charge is 2.11. The third-order valence-corrected chi connectivity index (χ3v) is 2.55. The Morgan fingerprint density at radius 2 is 2.19 bits per heavy atom. The molecule has 3 nitrogen and oxygen atoms in total. The molecular formula is C12H13ClO3. The normalized spacial score (nSPS) is 9.94. The number of carbonyl (C=O) groups excluding carboxylic acids is 2. The Hall–Kier alpha value is -1.35. The third-order valence-electron chi connectivity index (χ3n) is 2.09. The molecule has 0 fully saturated rings. The van der Waals surface area contributed by atoms with Crippen LogP contribution in [0.1, 0.15) is 28.4 Å². The summed E-state index contributed by atoms with van der Waals surface area (Å²) in [6, 6.07) is 3.47. The van der Waals surface area contributed by atoms with E-state index in [1.54, 1.807) is 19.1 Å². The molecule has 0 amide bonds. The van der Waals surface area contributed by atoms with Crippen LogP contribution in [0.5, 0.6) is 0 Å². The van der Waals surface area contributed by atoms with Gasteiger partial charge in [0.25, 0.3) is 0 Å². The zero-order chi connectivity index (χ0) is 12.1. The minimum atomic E-state index is -0.341. The number of esters is 1. The molecular weight excluding hydrogens is 228 g/mol.